The molecule has 7 nitrogen and oxygen atoms in total. The summed E-state index contributed by atoms with van der Waals surface area (Å²) in [6, 6.07) is 21.0. The van der Waals surface area contributed by atoms with Gasteiger partial charge in [-0.1, -0.05) is 41.9 Å². The van der Waals surface area contributed by atoms with Crippen molar-refractivity contribution in [1.82, 2.24) is 4.90 Å². The Balaban J connectivity index is 1.75. The SMILES string of the molecule is CC(C)(C)OC(=O)N(CCc1ccc(S(=O)(=O)c2cccc(C#N)c2)cc1)C[C@H](O)c1cccc(Cl)c1. The topological polar surface area (TPSA) is 108 Å². The maximum atomic E-state index is 13.0. The highest BCUT2D eigenvalue weighted by Crippen LogP contribution is 2.23. The summed E-state index contributed by atoms with van der Waals surface area (Å²) in [6.45, 7) is 5.53. The lowest BCUT2D eigenvalue weighted by Crippen LogP contribution is -2.40. The van der Waals surface area contributed by atoms with Crippen molar-refractivity contribution in [2.24, 2.45) is 0 Å². The third kappa shape index (κ3) is 7.80. The van der Waals surface area contributed by atoms with Crippen LogP contribution in [0.25, 0.3) is 0 Å². The van der Waals surface area contributed by atoms with Gasteiger partial charge >= 0.3 is 6.09 Å². The largest absolute Gasteiger partial charge is 0.444 e. The first-order valence-corrected chi connectivity index (χ1v) is 13.5. The van der Waals surface area contributed by atoms with Crippen molar-refractivity contribution in [3.8, 4) is 6.07 Å². The van der Waals surface area contributed by atoms with Crippen LogP contribution in [0.4, 0.5) is 4.79 Å². The smallest absolute Gasteiger partial charge is 0.410 e. The molecule has 0 spiro atoms. The van der Waals surface area contributed by atoms with Gasteiger partial charge in [-0.3, -0.25) is 0 Å². The van der Waals surface area contributed by atoms with Crippen molar-refractivity contribution < 1.29 is 23.1 Å². The first-order valence-electron chi connectivity index (χ1n) is 11.6. The number of benzene rings is 3. The molecule has 3 rings (SSSR count). The van der Waals surface area contributed by atoms with Crippen LogP contribution in [-0.4, -0.2) is 43.2 Å². The first-order chi connectivity index (χ1) is 17.4. The van der Waals surface area contributed by atoms with Crippen LogP contribution < -0.4 is 0 Å². The molecule has 0 heterocycles. The number of hydrogen-bond donors (Lipinski definition) is 1. The quantitative estimate of drug-likeness (QED) is 0.401. The third-order valence-corrected chi connectivity index (χ3v) is 7.46. The number of rotatable bonds is 8. The number of nitrogens with zero attached hydrogens (tertiary/aromatic N) is 2. The van der Waals surface area contributed by atoms with Crippen molar-refractivity contribution in [3.05, 3.63) is 94.5 Å². The maximum absolute atomic E-state index is 13.0. The van der Waals surface area contributed by atoms with Gasteiger partial charge in [0.1, 0.15) is 5.60 Å². The molecule has 0 aliphatic carbocycles. The summed E-state index contributed by atoms with van der Waals surface area (Å²) < 4.78 is 31.5. The normalized spacial score (nSPS) is 12.4. The highest BCUT2D eigenvalue weighted by Gasteiger charge is 2.25. The molecule has 0 unspecified atom stereocenters. The lowest BCUT2D eigenvalue weighted by atomic mass is 10.1. The number of amides is 1. The molecule has 3 aromatic rings. The molecule has 0 aromatic heterocycles. The van der Waals surface area contributed by atoms with Crippen molar-refractivity contribution in [1.29, 1.82) is 5.26 Å². The minimum Gasteiger partial charge on any atom is -0.444 e. The van der Waals surface area contributed by atoms with E-state index in [1.54, 1.807) is 63.2 Å². The van der Waals surface area contributed by atoms with E-state index in [2.05, 4.69) is 0 Å². The van der Waals surface area contributed by atoms with Gasteiger partial charge in [0, 0.05) is 11.6 Å². The summed E-state index contributed by atoms with van der Waals surface area (Å²) in [4.78, 5) is 14.4. The van der Waals surface area contributed by atoms with Crippen molar-refractivity contribution in [2.75, 3.05) is 13.1 Å². The van der Waals surface area contributed by atoms with E-state index in [0.29, 0.717) is 17.0 Å². The van der Waals surface area contributed by atoms with E-state index in [-0.39, 0.29) is 28.4 Å². The standard InChI is InChI=1S/C28H29ClN2O5S/c1-28(2,3)36-27(33)31(19-26(32)22-7-5-8-23(29)17-22)15-14-20-10-12-24(13-11-20)37(34,35)25-9-4-6-21(16-25)18-30/h4-13,16-17,26,32H,14-15,19H2,1-3H3/t26-/m0/s1. The fourth-order valence-corrected chi connectivity index (χ4v) is 5.08. The molecule has 0 fully saturated rings. The van der Waals surface area contributed by atoms with Crippen molar-refractivity contribution in [2.45, 2.75) is 48.7 Å². The number of sulfone groups is 1. The first kappa shape index (κ1) is 28.2. The number of hydrogen-bond acceptors (Lipinski definition) is 6. The van der Waals surface area contributed by atoms with Crippen LogP contribution in [0.1, 0.15) is 43.6 Å². The van der Waals surface area contributed by atoms with Gasteiger partial charge < -0.3 is 14.7 Å². The highest BCUT2D eigenvalue weighted by atomic mass is 35.5. The van der Waals surface area contributed by atoms with Crippen molar-refractivity contribution >= 4 is 27.5 Å². The summed E-state index contributed by atoms with van der Waals surface area (Å²) in [6.07, 6.45) is -1.13. The number of nitriles is 1. The zero-order chi connectivity index (χ0) is 27.2. The van der Waals surface area contributed by atoms with Gasteiger partial charge in [-0.05, 0) is 80.8 Å². The van der Waals surface area contributed by atoms with Crippen LogP contribution in [0.2, 0.25) is 5.02 Å². The average molecular weight is 541 g/mol. The van der Waals surface area contributed by atoms with Gasteiger partial charge in [0.2, 0.25) is 9.84 Å². The number of aliphatic hydroxyl groups excluding tert-OH is 1. The molecule has 0 saturated heterocycles. The van der Waals surface area contributed by atoms with Crippen LogP contribution >= 0.6 is 11.6 Å². The number of ether oxygens (including phenoxy) is 1. The molecule has 9 heteroatoms. The number of carbonyl (C=O) groups is 1. The van der Waals surface area contributed by atoms with E-state index in [1.807, 2.05) is 6.07 Å². The van der Waals surface area contributed by atoms with Crippen LogP contribution in [0.15, 0.2) is 82.6 Å². The zero-order valence-electron chi connectivity index (χ0n) is 20.9. The van der Waals surface area contributed by atoms with Gasteiger partial charge in [0.05, 0.1) is 34.1 Å². The van der Waals surface area contributed by atoms with Gasteiger partial charge in [0.25, 0.3) is 0 Å². The summed E-state index contributed by atoms with van der Waals surface area (Å²) in [5, 5.41) is 20.3. The molecular weight excluding hydrogens is 512 g/mol. The average Bonchev–Trinajstić information content (AvgIpc) is 2.85. The fourth-order valence-electron chi connectivity index (χ4n) is 3.58. The Morgan fingerprint density at radius 3 is 2.35 bits per heavy atom. The number of aliphatic hydroxyl groups is 1. The lowest BCUT2D eigenvalue weighted by Gasteiger charge is -2.29. The monoisotopic (exact) mass is 540 g/mol. The molecule has 0 aliphatic heterocycles. The summed E-state index contributed by atoms with van der Waals surface area (Å²) in [7, 11) is -3.78. The molecule has 37 heavy (non-hydrogen) atoms. The molecule has 3 aromatic carbocycles. The van der Waals surface area contributed by atoms with E-state index < -0.39 is 27.6 Å². The Morgan fingerprint density at radius 1 is 1.05 bits per heavy atom. The molecule has 0 radical (unpaired) electrons. The van der Waals surface area contributed by atoms with Gasteiger partial charge in [-0.2, -0.15) is 5.26 Å². The minimum atomic E-state index is -3.78. The zero-order valence-corrected chi connectivity index (χ0v) is 22.5. The van der Waals surface area contributed by atoms with Gasteiger partial charge in [0.15, 0.2) is 0 Å². The van der Waals surface area contributed by atoms with Crippen LogP contribution in [0.3, 0.4) is 0 Å². The lowest BCUT2D eigenvalue weighted by molar-refractivity contribution is 0.0147. The highest BCUT2D eigenvalue weighted by molar-refractivity contribution is 7.91. The molecule has 1 atom stereocenters. The van der Waals surface area contributed by atoms with Crippen LogP contribution in [-0.2, 0) is 21.0 Å². The van der Waals surface area contributed by atoms with E-state index in [9.17, 15) is 18.3 Å². The second-order valence-corrected chi connectivity index (χ2v) is 11.9. The van der Waals surface area contributed by atoms with Gasteiger partial charge in [-0.15, -0.1) is 0 Å². The Kier molecular flexibility index (Phi) is 8.98. The molecule has 0 bridgehead atoms. The molecule has 1 N–H and O–H groups in total. The predicted molar refractivity (Wildman–Crippen MR) is 141 cm³/mol. The Morgan fingerprint density at radius 2 is 1.73 bits per heavy atom. The fraction of sp³-hybridized carbons (Fsp3) is 0.286. The molecule has 194 valence electrons. The van der Waals surface area contributed by atoms with E-state index >= 15 is 0 Å². The molecular formula is C28H29ClN2O5S. The number of halogens is 1. The predicted octanol–water partition coefficient (Wildman–Crippen LogP) is 5.56. The molecule has 1 amide bonds. The Labute approximate surface area is 222 Å². The van der Waals surface area contributed by atoms with E-state index in [4.69, 9.17) is 21.6 Å². The maximum Gasteiger partial charge on any atom is 0.410 e. The summed E-state index contributed by atoms with van der Waals surface area (Å²) >= 11 is 6.04. The van der Waals surface area contributed by atoms with Crippen molar-refractivity contribution in [3.63, 3.8) is 0 Å². The van der Waals surface area contributed by atoms with Crippen LogP contribution in [0.5, 0.6) is 0 Å². The summed E-state index contributed by atoms with van der Waals surface area (Å²) in [5.41, 5.74) is 0.932. The van der Waals surface area contributed by atoms with E-state index in [0.717, 1.165) is 5.56 Å². The molecule has 0 saturated carbocycles. The Hall–Kier alpha value is -3.38. The number of carbonyl (C=O) groups excluding carboxylic acids is 1. The third-order valence-electron chi connectivity index (χ3n) is 5.46. The minimum absolute atomic E-state index is 0.00302. The Bertz CT molecular complexity index is 1390. The van der Waals surface area contributed by atoms with E-state index in [1.165, 1.54) is 35.2 Å². The second-order valence-electron chi connectivity index (χ2n) is 9.53. The molecule has 0 aliphatic rings. The van der Waals surface area contributed by atoms with Crippen LogP contribution in [0, 0.1) is 11.3 Å². The second kappa shape index (κ2) is 11.8. The summed E-state index contributed by atoms with van der Waals surface area (Å²) in [5.74, 6) is 0. The van der Waals surface area contributed by atoms with Gasteiger partial charge in [-0.25, -0.2) is 13.2 Å².